The van der Waals surface area contributed by atoms with Gasteiger partial charge in [0.15, 0.2) is 0 Å². The van der Waals surface area contributed by atoms with Crippen LogP contribution >= 0.6 is 0 Å². The van der Waals surface area contributed by atoms with E-state index in [0.29, 0.717) is 18.7 Å². The summed E-state index contributed by atoms with van der Waals surface area (Å²) in [5.41, 5.74) is 1.64. The summed E-state index contributed by atoms with van der Waals surface area (Å²) in [5, 5.41) is 0. The molecule has 1 aliphatic rings. The number of pyridine rings is 1. The van der Waals surface area contributed by atoms with E-state index in [4.69, 9.17) is 0 Å². The van der Waals surface area contributed by atoms with E-state index in [9.17, 15) is 9.18 Å². The highest BCUT2D eigenvalue weighted by Crippen LogP contribution is 2.18. The molecule has 0 unspecified atom stereocenters. The van der Waals surface area contributed by atoms with Gasteiger partial charge in [-0.1, -0.05) is 0 Å². The van der Waals surface area contributed by atoms with Gasteiger partial charge in [-0.3, -0.25) is 4.79 Å². The molecule has 1 saturated heterocycles. The fraction of sp³-hybridized carbons (Fsp3) is 0.333. The summed E-state index contributed by atoms with van der Waals surface area (Å²) in [6.45, 7) is 2.78. The highest BCUT2D eigenvalue weighted by molar-refractivity contribution is 5.95. The minimum Gasteiger partial charge on any atom is -0.368 e. The Morgan fingerprint density at radius 1 is 1.08 bits per heavy atom. The Morgan fingerprint density at radius 2 is 1.75 bits per heavy atom. The number of amides is 1. The van der Waals surface area contributed by atoms with E-state index in [-0.39, 0.29) is 11.7 Å². The molecule has 0 spiro atoms. The average molecular weight is 328 g/mol. The number of carbonyl (C=O) groups excluding carboxylic acids is 1. The molecule has 6 heteroatoms. The zero-order chi connectivity index (χ0) is 17.1. The van der Waals surface area contributed by atoms with Crippen molar-refractivity contribution >= 4 is 17.4 Å². The molecule has 1 aromatic heterocycles. The SMILES string of the molecule is CN(C)c1cc(C(=O)N2CCN(c3ccc(F)cc3)CC2)ccn1. The molecule has 126 valence electrons. The Labute approximate surface area is 141 Å². The number of benzene rings is 1. The van der Waals surface area contributed by atoms with Gasteiger partial charge in [0.25, 0.3) is 5.91 Å². The zero-order valence-corrected chi connectivity index (χ0v) is 13.9. The molecule has 5 nitrogen and oxygen atoms in total. The fourth-order valence-electron chi connectivity index (χ4n) is 2.80. The Kier molecular flexibility index (Phi) is 4.64. The maximum absolute atomic E-state index is 13.0. The normalized spacial score (nSPS) is 14.6. The topological polar surface area (TPSA) is 39.7 Å². The van der Waals surface area contributed by atoms with E-state index in [0.717, 1.165) is 24.6 Å². The molecule has 0 N–H and O–H groups in total. The van der Waals surface area contributed by atoms with Gasteiger partial charge in [0.1, 0.15) is 11.6 Å². The van der Waals surface area contributed by atoms with Crippen LogP contribution in [-0.4, -0.2) is 56.1 Å². The predicted octanol–water partition coefficient (Wildman–Crippen LogP) is 2.25. The molecule has 2 aromatic rings. The molecule has 24 heavy (non-hydrogen) atoms. The summed E-state index contributed by atoms with van der Waals surface area (Å²) in [5.74, 6) is 0.562. The molecule has 1 fully saturated rings. The zero-order valence-electron chi connectivity index (χ0n) is 13.9. The van der Waals surface area contributed by atoms with Crippen molar-refractivity contribution in [3.8, 4) is 0 Å². The Hall–Kier alpha value is -2.63. The van der Waals surface area contributed by atoms with E-state index in [1.165, 1.54) is 12.1 Å². The first kappa shape index (κ1) is 16.2. The lowest BCUT2D eigenvalue weighted by molar-refractivity contribution is 0.0746. The molecule has 1 aliphatic heterocycles. The predicted molar refractivity (Wildman–Crippen MR) is 93.1 cm³/mol. The number of anilines is 2. The molecule has 0 aliphatic carbocycles. The van der Waals surface area contributed by atoms with Gasteiger partial charge in [-0.05, 0) is 36.4 Å². The molecule has 1 aromatic carbocycles. The van der Waals surface area contributed by atoms with Crippen molar-refractivity contribution in [2.45, 2.75) is 0 Å². The quantitative estimate of drug-likeness (QED) is 0.866. The first-order valence-corrected chi connectivity index (χ1v) is 7.98. The Balaban J connectivity index is 1.65. The van der Waals surface area contributed by atoms with E-state index in [1.807, 2.05) is 30.0 Å². The van der Waals surface area contributed by atoms with Crippen molar-refractivity contribution in [2.24, 2.45) is 0 Å². The molecule has 0 radical (unpaired) electrons. The van der Waals surface area contributed by atoms with E-state index in [2.05, 4.69) is 9.88 Å². The summed E-state index contributed by atoms with van der Waals surface area (Å²) in [4.78, 5) is 22.8. The van der Waals surface area contributed by atoms with E-state index < -0.39 is 0 Å². The van der Waals surface area contributed by atoms with Crippen LogP contribution in [0, 0.1) is 5.82 Å². The summed E-state index contributed by atoms with van der Waals surface area (Å²) < 4.78 is 13.0. The minimum atomic E-state index is -0.234. The highest BCUT2D eigenvalue weighted by atomic mass is 19.1. The van der Waals surface area contributed by atoms with Crippen molar-refractivity contribution in [2.75, 3.05) is 50.1 Å². The van der Waals surface area contributed by atoms with Gasteiger partial charge in [-0.25, -0.2) is 9.37 Å². The molecular weight excluding hydrogens is 307 g/mol. The fourth-order valence-corrected chi connectivity index (χ4v) is 2.80. The standard InChI is InChI=1S/C18H21FN4O/c1-21(2)17-13-14(7-8-20-17)18(24)23-11-9-22(10-12-23)16-5-3-15(19)4-6-16/h3-8,13H,9-12H2,1-2H3. The average Bonchev–Trinajstić information content (AvgIpc) is 2.62. The summed E-state index contributed by atoms with van der Waals surface area (Å²) >= 11 is 0. The minimum absolute atomic E-state index is 0.0271. The van der Waals surface area contributed by atoms with Crippen LogP contribution in [0.2, 0.25) is 0 Å². The maximum atomic E-state index is 13.0. The van der Waals surface area contributed by atoms with Gasteiger partial charge in [-0.15, -0.1) is 0 Å². The molecular formula is C18H21FN4O. The van der Waals surface area contributed by atoms with Crippen LogP contribution in [0.25, 0.3) is 0 Å². The van der Waals surface area contributed by atoms with Gasteiger partial charge >= 0.3 is 0 Å². The maximum Gasteiger partial charge on any atom is 0.254 e. The van der Waals surface area contributed by atoms with E-state index >= 15 is 0 Å². The summed E-state index contributed by atoms with van der Waals surface area (Å²) in [7, 11) is 3.80. The van der Waals surface area contributed by atoms with Crippen LogP contribution in [0.1, 0.15) is 10.4 Å². The smallest absolute Gasteiger partial charge is 0.254 e. The van der Waals surface area contributed by atoms with Crippen molar-refractivity contribution in [1.29, 1.82) is 0 Å². The molecule has 0 saturated carbocycles. The van der Waals surface area contributed by atoms with E-state index in [1.54, 1.807) is 24.4 Å². The molecule has 3 rings (SSSR count). The molecule has 2 heterocycles. The van der Waals surface area contributed by atoms with Crippen LogP contribution < -0.4 is 9.80 Å². The third-order valence-electron chi connectivity index (χ3n) is 4.21. The lowest BCUT2D eigenvalue weighted by Crippen LogP contribution is -2.48. The molecule has 1 amide bonds. The lowest BCUT2D eigenvalue weighted by atomic mass is 10.2. The summed E-state index contributed by atoms with van der Waals surface area (Å²) in [6, 6.07) is 10.0. The molecule has 0 bridgehead atoms. The number of hydrogen-bond donors (Lipinski definition) is 0. The third kappa shape index (κ3) is 3.48. The monoisotopic (exact) mass is 328 g/mol. The van der Waals surface area contributed by atoms with Gasteiger partial charge < -0.3 is 14.7 Å². The largest absolute Gasteiger partial charge is 0.368 e. The number of carbonyl (C=O) groups is 1. The Bertz CT molecular complexity index is 709. The second-order valence-electron chi connectivity index (χ2n) is 6.05. The van der Waals surface area contributed by atoms with Crippen molar-refractivity contribution in [1.82, 2.24) is 9.88 Å². The number of hydrogen-bond acceptors (Lipinski definition) is 4. The van der Waals surface area contributed by atoms with Crippen LogP contribution in [0.15, 0.2) is 42.6 Å². The van der Waals surface area contributed by atoms with Crippen LogP contribution in [0.4, 0.5) is 15.9 Å². The first-order valence-electron chi connectivity index (χ1n) is 7.98. The number of halogens is 1. The number of aromatic nitrogens is 1. The van der Waals surface area contributed by atoms with Gasteiger partial charge in [0.2, 0.25) is 0 Å². The lowest BCUT2D eigenvalue weighted by Gasteiger charge is -2.36. The highest BCUT2D eigenvalue weighted by Gasteiger charge is 2.22. The second kappa shape index (κ2) is 6.86. The molecule has 0 atom stereocenters. The van der Waals surface area contributed by atoms with Gasteiger partial charge in [-0.2, -0.15) is 0 Å². The Morgan fingerprint density at radius 3 is 2.38 bits per heavy atom. The summed E-state index contributed by atoms with van der Waals surface area (Å²) in [6.07, 6.45) is 1.66. The van der Waals surface area contributed by atoms with Crippen LogP contribution in [0.3, 0.4) is 0 Å². The van der Waals surface area contributed by atoms with Gasteiger partial charge in [0, 0.05) is 57.7 Å². The van der Waals surface area contributed by atoms with Crippen molar-refractivity contribution in [3.63, 3.8) is 0 Å². The second-order valence-corrected chi connectivity index (χ2v) is 6.05. The van der Waals surface area contributed by atoms with Crippen molar-refractivity contribution in [3.05, 3.63) is 54.0 Å². The number of rotatable bonds is 3. The van der Waals surface area contributed by atoms with Crippen LogP contribution in [0.5, 0.6) is 0 Å². The number of piperazine rings is 1. The van der Waals surface area contributed by atoms with Gasteiger partial charge in [0.05, 0.1) is 0 Å². The third-order valence-corrected chi connectivity index (χ3v) is 4.21. The first-order chi connectivity index (χ1) is 11.5. The van der Waals surface area contributed by atoms with Crippen LogP contribution in [-0.2, 0) is 0 Å². The number of nitrogens with zero attached hydrogens (tertiary/aromatic N) is 4. The van der Waals surface area contributed by atoms with Crippen molar-refractivity contribution < 1.29 is 9.18 Å².